The van der Waals surface area contributed by atoms with Gasteiger partial charge in [-0.25, -0.2) is 0 Å². The van der Waals surface area contributed by atoms with Crippen LogP contribution in [0.25, 0.3) is 0 Å². The molecule has 0 saturated carbocycles. The average Bonchev–Trinajstić information content (AvgIpc) is 3.52. The number of nitrogens with one attached hydrogen (secondary N) is 1. The molecular formula is C81H155NO5. The van der Waals surface area contributed by atoms with Gasteiger partial charge in [-0.1, -0.05) is 384 Å². The summed E-state index contributed by atoms with van der Waals surface area (Å²) < 4.78 is 5.50. The Morgan fingerprint density at radius 2 is 0.575 bits per heavy atom. The van der Waals surface area contributed by atoms with E-state index in [0.29, 0.717) is 25.9 Å². The number of unbranched alkanes of at least 4 members (excludes halogenated alkanes) is 58. The van der Waals surface area contributed by atoms with E-state index in [2.05, 4.69) is 55.6 Å². The van der Waals surface area contributed by atoms with Gasteiger partial charge in [0.1, 0.15) is 0 Å². The first-order valence-electron chi connectivity index (χ1n) is 39.7. The molecule has 6 nitrogen and oxygen atoms in total. The van der Waals surface area contributed by atoms with Crippen LogP contribution in [0.15, 0.2) is 36.5 Å². The molecule has 0 spiro atoms. The second-order valence-corrected chi connectivity index (χ2v) is 27.4. The lowest BCUT2D eigenvalue weighted by atomic mass is 10.0. The van der Waals surface area contributed by atoms with Gasteiger partial charge in [-0.05, 0) is 83.5 Å². The summed E-state index contributed by atoms with van der Waals surface area (Å²) in [4.78, 5) is 24.7. The Hall–Kier alpha value is -1.92. The first-order valence-corrected chi connectivity index (χ1v) is 39.7. The van der Waals surface area contributed by atoms with Gasteiger partial charge < -0.3 is 20.3 Å². The highest BCUT2D eigenvalue weighted by Gasteiger charge is 2.20. The van der Waals surface area contributed by atoms with Gasteiger partial charge in [-0.2, -0.15) is 0 Å². The summed E-state index contributed by atoms with van der Waals surface area (Å²) in [5, 5.41) is 23.5. The maximum absolute atomic E-state index is 12.6. The number of amides is 1. The maximum atomic E-state index is 12.6. The van der Waals surface area contributed by atoms with E-state index in [0.717, 1.165) is 51.4 Å². The Bertz CT molecular complexity index is 1410. The third kappa shape index (κ3) is 73.0. The smallest absolute Gasteiger partial charge is 0.305 e. The number of ether oxygens (including phenoxy) is 1. The molecule has 0 aromatic heterocycles. The van der Waals surface area contributed by atoms with Crippen molar-refractivity contribution in [1.29, 1.82) is 0 Å². The predicted octanol–water partition coefficient (Wildman–Crippen LogP) is 26.2. The third-order valence-corrected chi connectivity index (χ3v) is 18.7. The molecule has 6 heteroatoms. The van der Waals surface area contributed by atoms with Crippen molar-refractivity contribution in [2.24, 2.45) is 0 Å². The van der Waals surface area contributed by atoms with E-state index in [-0.39, 0.29) is 18.5 Å². The largest absolute Gasteiger partial charge is 0.466 e. The molecule has 3 N–H and O–H groups in total. The van der Waals surface area contributed by atoms with Crippen LogP contribution in [0.4, 0.5) is 0 Å². The second kappa shape index (κ2) is 76.5. The minimum Gasteiger partial charge on any atom is -0.466 e. The van der Waals surface area contributed by atoms with Crippen LogP contribution in [0.1, 0.15) is 444 Å². The molecule has 2 unspecified atom stereocenters. The molecule has 2 atom stereocenters. The molecule has 0 aliphatic carbocycles. The van der Waals surface area contributed by atoms with Crippen LogP contribution in [-0.4, -0.2) is 47.4 Å². The fourth-order valence-corrected chi connectivity index (χ4v) is 12.6. The molecule has 514 valence electrons. The van der Waals surface area contributed by atoms with Crippen molar-refractivity contribution in [2.45, 2.75) is 456 Å². The molecular weight excluding hydrogens is 1070 g/mol. The highest BCUT2D eigenvalue weighted by Crippen LogP contribution is 2.20. The lowest BCUT2D eigenvalue weighted by Crippen LogP contribution is -2.45. The van der Waals surface area contributed by atoms with Gasteiger partial charge in [-0.3, -0.25) is 9.59 Å². The normalized spacial score (nSPS) is 12.6. The number of carbonyl (C=O) groups is 2. The summed E-state index contributed by atoms with van der Waals surface area (Å²) in [7, 11) is 0. The topological polar surface area (TPSA) is 95.9 Å². The zero-order valence-corrected chi connectivity index (χ0v) is 59.0. The highest BCUT2D eigenvalue weighted by molar-refractivity contribution is 5.76. The molecule has 0 aliphatic rings. The minimum absolute atomic E-state index is 0.0112. The van der Waals surface area contributed by atoms with Crippen molar-refractivity contribution in [1.82, 2.24) is 5.32 Å². The SMILES string of the molecule is CCCCC/C=C\C/C=C\CCCCCCCCCC(=O)OCCCCCCCCCCCCCC/C=C\CCCCCCCCCCCCCCCCCCC(=O)NC(CO)C(O)CCCCCCCCCCCCCCCCCCCCCCC. The molecule has 0 aromatic carbocycles. The van der Waals surface area contributed by atoms with Gasteiger partial charge in [0, 0.05) is 12.8 Å². The predicted molar refractivity (Wildman–Crippen MR) is 384 cm³/mol. The van der Waals surface area contributed by atoms with Gasteiger partial charge in [0.2, 0.25) is 5.91 Å². The fraction of sp³-hybridized carbons (Fsp3) is 0.901. The number of allylic oxidation sites excluding steroid dienone is 6. The summed E-state index contributed by atoms with van der Waals surface area (Å²) in [6, 6.07) is -0.541. The highest BCUT2D eigenvalue weighted by atomic mass is 16.5. The van der Waals surface area contributed by atoms with E-state index >= 15 is 0 Å². The van der Waals surface area contributed by atoms with E-state index in [4.69, 9.17) is 4.74 Å². The van der Waals surface area contributed by atoms with Gasteiger partial charge in [0.15, 0.2) is 0 Å². The number of hydrogen-bond acceptors (Lipinski definition) is 5. The maximum Gasteiger partial charge on any atom is 0.305 e. The Morgan fingerprint density at radius 3 is 0.908 bits per heavy atom. The molecule has 0 aromatic rings. The standard InChI is InChI=1S/C81H155NO5/c1-3-5-7-9-11-13-15-17-19-21-22-35-38-42-45-49-53-57-61-65-69-73-79(84)78(77-83)82-80(85)74-70-66-62-58-54-50-46-43-39-36-33-31-29-27-25-23-24-26-28-30-32-34-37-40-44-48-52-56-60-64-68-72-76-87-81(86)75-71-67-63-59-55-51-47-41-20-18-16-14-12-10-8-6-4-2/h12,14,18,20,26,28,78-79,83-84H,3-11,13,15-17,19,21-25,27,29-77H2,1-2H3,(H,82,85)/b14-12-,20-18-,28-26-. The van der Waals surface area contributed by atoms with Crippen molar-refractivity contribution in [3.63, 3.8) is 0 Å². The van der Waals surface area contributed by atoms with E-state index in [1.807, 2.05) is 0 Å². The Morgan fingerprint density at radius 1 is 0.322 bits per heavy atom. The molecule has 0 radical (unpaired) electrons. The fourth-order valence-electron chi connectivity index (χ4n) is 12.6. The van der Waals surface area contributed by atoms with Crippen LogP contribution in [0.5, 0.6) is 0 Å². The molecule has 0 bridgehead atoms. The molecule has 0 saturated heterocycles. The summed E-state index contributed by atoms with van der Waals surface area (Å²) in [6.07, 6.45) is 99.5. The quantitative estimate of drug-likeness (QED) is 0.0320. The van der Waals surface area contributed by atoms with Crippen LogP contribution >= 0.6 is 0 Å². The second-order valence-electron chi connectivity index (χ2n) is 27.4. The zero-order valence-electron chi connectivity index (χ0n) is 59.0. The summed E-state index contributed by atoms with van der Waals surface area (Å²) in [6.45, 7) is 4.97. The summed E-state index contributed by atoms with van der Waals surface area (Å²) in [5.74, 6) is -0.0163. The van der Waals surface area contributed by atoms with Gasteiger partial charge in [-0.15, -0.1) is 0 Å². The van der Waals surface area contributed by atoms with Gasteiger partial charge >= 0.3 is 5.97 Å². The average molecular weight is 1220 g/mol. The molecule has 87 heavy (non-hydrogen) atoms. The molecule has 0 rings (SSSR count). The molecule has 0 aliphatic heterocycles. The number of esters is 1. The van der Waals surface area contributed by atoms with Crippen LogP contribution < -0.4 is 5.32 Å². The lowest BCUT2D eigenvalue weighted by Gasteiger charge is -2.22. The number of hydrogen-bond donors (Lipinski definition) is 3. The lowest BCUT2D eigenvalue weighted by molar-refractivity contribution is -0.143. The van der Waals surface area contributed by atoms with Crippen LogP contribution in [0, 0.1) is 0 Å². The van der Waals surface area contributed by atoms with Crippen LogP contribution in [-0.2, 0) is 14.3 Å². The van der Waals surface area contributed by atoms with Crippen LogP contribution in [0.2, 0.25) is 0 Å². The Kier molecular flexibility index (Phi) is 74.8. The van der Waals surface area contributed by atoms with Crippen molar-refractivity contribution < 1.29 is 24.5 Å². The third-order valence-electron chi connectivity index (χ3n) is 18.7. The zero-order chi connectivity index (χ0) is 62.8. The molecule has 0 fully saturated rings. The number of aliphatic hydroxyl groups excluding tert-OH is 2. The van der Waals surface area contributed by atoms with Crippen molar-refractivity contribution in [2.75, 3.05) is 13.2 Å². The van der Waals surface area contributed by atoms with Crippen molar-refractivity contribution >= 4 is 11.9 Å². The summed E-state index contributed by atoms with van der Waals surface area (Å²) >= 11 is 0. The van der Waals surface area contributed by atoms with Crippen molar-refractivity contribution in [3.8, 4) is 0 Å². The Labute approximate surface area is 544 Å². The first kappa shape index (κ1) is 85.1. The van der Waals surface area contributed by atoms with Gasteiger partial charge in [0.05, 0.1) is 25.4 Å². The van der Waals surface area contributed by atoms with E-state index in [9.17, 15) is 19.8 Å². The minimum atomic E-state index is -0.664. The molecule has 1 amide bonds. The van der Waals surface area contributed by atoms with Crippen LogP contribution in [0.3, 0.4) is 0 Å². The van der Waals surface area contributed by atoms with Gasteiger partial charge in [0.25, 0.3) is 0 Å². The summed E-state index contributed by atoms with van der Waals surface area (Å²) in [5.41, 5.74) is 0. The number of rotatable bonds is 75. The Balaban J connectivity index is 3.35. The number of aliphatic hydroxyl groups is 2. The first-order chi connectivity index (χ1) is 43.0. The van der Waals surface area contributed by atoms with E-state index in [1.54, 1.807) is 0 Å². The van der Waals surface area contributed by atoms with E-state index in [1.165, 1.54) is 360 Å². The van der Waals surface area contributed by atoms with E-state index < -0.39 is 12.1 Å². The molecule has 0 heterocycles. The number of carbonyl (C=O) groups excluding carboxylic acids is 2. The van der Waals surface area contributed by atoms with Crippen molar-refractivity contribution in [3.05, 3.63) is 36.5 Å². The monoisotopic (exact) mass is 1220 g/mol.